The number of para-hydroxylation sites is 5. The summed E-state index contributed by atoms with van der Waals surface area (Å²) in [5, 5.41) is 6.91. The van der Waals surface area contributed by atoms with Gasteiger partial charge in [0.15, 0.2) is 0 Å². The van der Waals surface area contributed by atoms with Gasteiger partial charge in [0.25, 0.3) is 0 Å². The quantitative estimate of drug-likeness (QED) is 0.200. The lowest BCUT2D eigenvalue weighted by atomic mass is 10.0. The number of nitrogens with zero attached hydrogens (tertiary/aromatic N) is 4. The number of hydrogen-bond acceptors (Lipinski definition) is 3. The molecule has 54 heavy (non-hydrogen) atoms. The maximum atomic E-state index is 6.26. The van der Waals surface area contributed by atoms with Gasteiger partial charge in [-0.15, -0.1) is 0 Å². The Labute approximate surface area is 308 Å². The number of imidazole rings is 1. The van der Waals surface area contributed by atoms with Crippen LogP contribution in [-0.2, 0) is 0 Å². The molecule has 0 aliphatic heterocycles. The van der Waals surface area contributed by atoms with E-state index in [9.17, 15) is 0 Å². The number of fused-ring (bicyclic) bond motifs is 10. The molecule has 0 bridgehead atoms. The second kappa shape index (κ2) is 11.0. The van der Waals surface area contributed by atoms with Crippen molar-refractivity contribution >= 4 is 76.6 Å². The Hall–Kier alpha value is -7.44. The summed E-state index contributed by atoms with van der Waals surface area (Å²) in [5.41, 5.74) is 12.3. The van der Waals surface area contributed by atoms with E-state index in [0.29, 0.717) is 0 Å². The summed E-state index contributed by atoms with van der Waals surface area (Å²) in [7, 11) is 0. The average molecular weight is 692 g/mol. The van der Waals surface area contributed by atoms with Crippen LogP contribution in [0.3, 0.4) is 0 Å². The van der Waals surface area contributed by atoms with Crippen LogP contribution in [0.1, 0.15) is 0 Å². The van der Waals surface area contributed by atoms with E-state index in [1.165, 1.54) is 21.5 Å². The van der Waals surface area contributed by atoms with Crippen LogP contribution in [0.25, 0.3) is 111 Å². The van der Waals surface area contributed by atoms with Crippen LogP contribution >= 0.6 is 0 Å². The van der Waals surface area contributed by atoms with Gasteiger partial charge in [0, 0.05) is 60.8 Å². The standard InChI is InChI=1S/C48H29N5O/c1-4-17-39-32(11-1)36-15-9-16-37(46(36)50-39)48-51-47-31(14-10-19-41(47)52(48)30-23-25-44-38(28-30)35-13-3-6-20-43(35)54-44)29-22-24-34-33-12-2-5-18-40(33)53(42(34)27-29)45-21-7-8-26-49-45/h1-28,50H. The molecular weight excluding hydrogens is 663 g/mol. The van der Waals surface area contributed by atoms with Crippen molar-refractivity contribution in [2.24, 2.45) is 0 Å². The molecule has 5 heterocycles. The highest BCUT2D eigenvalue weighted by atomic mass is 16.3. The molecule has 252 valence electrons. The van der Waals surface area contributed by atoms with Gasteiger partial charge in [-0.1, -0.05) is 97.1 Å². The second-order valence-corrected chi connectivity index (χ2v) is 13.9. The van der Waals surface area contributed by atoms with Crippen LogP contribution < -0.4 is 0 Å². The van der Waals surface area contributed by atoms with Gasteiger partial charge >= 0.3 is 0 Å². The topological polar surface area (TPSA) is 64.6 Å². The van der Waals surface area contributed by atoms with Crippen molar-refractivity contribution in [2.45, 2.75) is 0 Å². The van der Waals surface area contributed by atoms with Crippen LogP contribution in [0.15, 0.2) is 174 Å². The van der Waals surface area contributed by atoms with E-state index in [2.05, 4.69) is 154 Å². The summed E-state index contributed by atoms with van der Waals surface area (Å²) < 4.78 is 10.8. The summed E-state index contributed by atoms with van der Waals surface area (Å²) >= 11 is 0. The molecule has 0 saturated heterocycles. The zero-order chi connectivity index (χ0) is 35.3. The number of hydrogen-bond donors (Lipinski definition) is 1. The van der Waals surface area contributed by atoms with E-state index in [0.717, 1.165) is 89.1 Å². The molecule has 0 radical (unpaired) electrons. The van der Waals surface area contributed by atoms with Gasteiger partial charge in [-0.3, -0.25) is 9.13 Å². The van der Waals surface area contributed by atoms with Gasteiger partial charge < -0.3 is 9.40 Å². The minimum Gasteiger partial charge on any atom is -0.456 e. The van der Waals surface area contributed by atoms with Gasteiger partial charge in [-0.05, 0) is 72.3 Å². The van der Waals surface area contributed by atoms with Gasteiger partial charge in [0.05, 0.1) is 27.6 Å². The molecule has 0 aliphatic rings. The molecule has 7 aromatic carbocycles. The number of nitrogens with one attached hydrogen (secondary N) is 1. The predicted molar refractivity (Wildman–Crippen MR) is 221 cm³/mol. The van der Waals surface area contributed by atoms with Gasteiger partial charge in [-0.25, -0.2) is 9.97 Å². The van der Waals surface area contributed by atoms with Crippen LogP contribution in [0.4, 0.5) is 0 Å². The number of aromatic amines is 1. The van der Waals surface area contributed by atoms with Crippen LogP contribution in [0.5, 0.6) is 0 Å². The molecule has 0 spiro atoms. The lowest BCUT2D eigenvalue weighted by Gasteiger charge is -2.11. The number of H-pyrrole nitrogens is 1. The Bertz CT molecular complexity index is 3450. The third-order valence-electron chi connectivity index (χ3n) is 10.9. The lowest BCUT2D eigenvalue weighted by molar-refractivity contribution is 0.669. The van der Waals surface area contributed by atoms with E-state index in [1.807, 2.05) is 30.5 Å². The average Bonchev–Trinajstić information content (AvgIpc) is 3.99. The molecule has 6 nitrogen and oxygen atoms in total. The molecular formula is C48H29N5O. The molecule has 12 aromatic rings. The first-order valence-corrected chi connectivity index (χ1v) is 18.2. The van der Waals surface area contributed by atoms with Crippen molar-refractivity contribution in [3.63, 3.8) is 0 Å². The molecule has 0 amide bonds. The van der Waals surface area contributed by atoms with Crippen LogP contribution in [0, 0.1) is 0 Å². The normalized spacial score (nSPS) is 12.1. The summed E-state index contributed by atoms with van der Waals surface area (Å²) in [6.07, 6.45) is 1.85. The molecule has 0 unspecified atom stereocenters. The largest absolute Gasteiger partial charge is 0.456 e. The Morgan fingerprint density at radius 1 is 0.481 bits per heavy atom. The highest BCUT2D eigenvalue weighted by Gasteiger charge is 2.22. The zero-order valence-corrected chi connectivity index (χ0v) is 28.9. The molecule has 5 aromatic heterocycles. The maximum absolute atomic E-state index is 6.26. The minimum atomic E-state index is 0.862. The fourth-order valence-electron chi connectivity index (χ4n) is 8.56. The van der Waals surface area contributed by atoms with E-state index in [1.54, 1.807) is 0 Å². The van der Waals surface area contributed by atoms with E-state index >= 15 is 0 Å². The van der Waals surface area contributed by atoms with Crippen molar-refractivity contribution < 1.29 is 4.42 Å². The fourth-order valence-corrected chi connectivity index (χ4v) is 8.56. The first-order valence-electron chi connectivity index (χ1n) is 18.2. The number of rotatable bonds is 4. The van der Waals surface area contributed by atoms with Crippen molar-refractivity contribution in [3.05, 3.63) is 170 Å². The summed E-state index contributed by atoms with van der Waals surface area (Å²) in [4.78, 5) is 14.1. The molecule has 0 atom stereocenters. The smallest absolute Gasteiger partial charge is 0.147 e. The Balaban J connectivity index is 1.15. The van der Waals surface area contributed by atoms with Crippen LogP contribution in [0.2, 0.25) is 0 Å². The van der Waals surface area contributed by atoms with Crippen molar-refractivity contribution in [2.75, 3.05) is 0 Å². The lowest BCUT2D eigenvalue weighted by Crippen LogP contribution is -1.98. The zero-order valence-electron chi connectivity index (χ0n) is 28.9. The van der Waals surface area contributed by atoms with Gasteiger partial charge in [-0.2, -0.15) is 0 Å². The molecule has 0 fully saturated rings. The monoisotopic (exact) mass is 691 g/mol. The number of benzene rings is 7. The molecule has 0 aliphatic carbocycles. The third-order valence-corrected chi connectivity index (χ3v) is 10.9. The predicted octanol–water partition coefficient (Wildman–Crippen LogP) is 12.4. The first-order chi connectivity index (χ1) is 26.8. The second-order valence-electron chi connectivity index (χ2n) is 13.9. The van der Waals surface area contributed by atoms with Crippen molar-refractivity contribution in [1.29, 1.82) is 0 Å². The number of pyridine rings is 1. The summed E-state index contributed by atoms with van der Waals surface area (Å²) in [5.74, 6) is 1.75. The van der Waals surface area contributed by atoms with E-state index in [4.69, 9.17) is 14.4 Å². The highest BCUT2D eigenvalue weighted by Crippen LogP contribution is 2.41. The maximum Gasteiger partial charge on any atom is 0.147 e. The van der Waals surface area contributed by atoms with Crippen molar-refractivity contribution in [3.8, 4) is 34.0 Å². The number of furan rings is 1. The summed E-state index contributed by atoms with van der Waals surface area (Å²) in [6.45, 7) is 0. The third kappa shape index (κ3) is 4.10. The number of aromatic nitrogens is 5. The highest BCUT2D eigenvalue weighted by molar-refractivity contribution is 6.13. The molecule has 0 saturated carbocycles. The minimum absolute atomic E-state index is 0.862. The van der Waals surface area contributed by atoms with Crippen molar-refractivity contribution in [1.82, 2.24) is 24.1 Å². The van der Waals surface area contributed by atoms with Gasteiger partial charge in [0.2, 0.25) is 0 Å². The van der Waals surface area contributed by atoms with Crippen LogP contribution in [-0.4, -0.2) is 24.1 Å². The van der Waals surface area contributed by atoms with E-state index < -0.39 is 0 Å². The SMILES string of the molecule is c1ccc(-n2c3ccccc3c3ccc(-c4cccc5c4nc(-c4cccc6c4[nH]c4ccccc46)n5-c4ccc5oc6ccccc6c5c4)cc32)nc1. The molecule has 6 heteroatoms. The fraction of sp³-hybridized carbons (Fsp3) is 0. The summed E-state index contributed by atoms with van der Waals surface area (Å²) in [6, 6.07) is 57.6. The Morgan fingerprint density at radius 3 is 2.15 bits per heavy atom. The molecule has 12 rings (SSSR count). The Kier molecular flexibility index (Phi) is 5.96. The molecule has 1 N–H and O–H groups in total. The Morgan fingerprint density at radius 2 is 1.22 bits per heavy atom. The van der Waals surface area contributed by atoms with E-state index in [-0.39, 0.29) is 0 Å². The van der Waals surface area contributed by atoms with Gasteiger partial charge in [0.1, 0.15) is 22.8 Å². The first kappa shape index (κ1) is 29.2.